The fourth-order valence-electron chi connectivity index (χ4n) is 2.53. The van der Waals surface area contributed by atoms with Gasteiger partial charge in [0.05, 0.1) is 11.5 Å². The third-order valence-electron chi connectivity index (χ3n) is 3.82. The summed E-state index contributed by atoms with van der Waals surface area (Å²) < 4.78 is 36.0. The summed E-state index contributed by atoms with van der Waals surface area (Å²) in [6, 6.07) is 0. The fourth-order valence-corrected chi connectivity index (χ4v) is 3.12. The molecule has 0 aromatic carbocycles. The Morgan fingerprint density at radius 2 is 1.90 bits per heavy atom. The normalized spacial score (nSPS) is 26.4. The minimum absolute atomic E-state index is 0.330. The molecule has 0 radical (unpaired) electrons. The second-order valence-electron chi connectivity index (χ2n) is 5.40. The second-order valence-corrected chi connectivity index (χ2v) is 6.38. The summed E-state index contributed by atoms with van der Waals surface area (Å²) in [5.74, 6) is -2.80. The summed E-state index contributed by atoms with van der Waals surface area (Å²) in [5.41, 5.74) is -1.32. The number of amides is 1. The Kier molecular flexibility index (Phi) is 6.37. The highest BCUT2D eigenvalue weighted by Gasteiger charge is 2.42. The number of nitrogens with one attached hydrogen (secondary N) is 1. The first-order valence-electron chi connectivity index (χ1n) is 6.87. The van der Waals surface area contributed by atoms with Gasteiger partial charge in [0.2, 0.25) is 5.91 Å². The number of alkyl halides is 3. The van der Waals surface area contributed by atoms with Gasteiger partial charge >= 0.3 is 12.1 Å². The van der Waals surface area contributed by atoms with Crippen LogP contribution >= 0.6 is 11.8 Å². The van der Waals surface area contributed by atoms with Crippen LogP contribution in [0.25, 0.3) is 0 Å². The molecule has 1 aliphatic carbocycles. The van der Waals surface area contributed by atoms with Crippen LogP contribution in [0.1, 0.15) is 39.0 Å². The summed E-state index contributed by atoms with van der Waals surface area (Å²) >= 11 is 0.442. The van der Waals surface area contributed by atoms with E-state index in [1.165, 1.54) is 0 Å². The quantitative estimate of drug-likeness (QED) is 0.787. The molecular weight excluding hydrogens is 307 g/mol. The Bertz CT molecular complexity index is 379. The molecule has 1 amide bonds. The topological polar surface area (TPSA) is 66.4 Å². The van der Waals surface area contributed by atoms with Gasteiger partial charge in [0.1, 0.15) is 5.54 Å². The van der Waals surface area contributed by atoms with E-state index in [1.54, 1.807) is 0 Å². The van der Waals surface area contributed by atoms with Crippen molar-refractivity contribution in [2.45, 2.75) is 50.7 Å². The zero-order valence-electron chi connectivity index (χ0n) is 11.8. The molecule has 0 aromatic rings. The van der Waals surface area contributed by atoms with Crippen molar-refractivity contribution in [1.82, 2.24) is 5.32 Å². The van der Waals surface area contributed by atoms with E-state index in [2.05, 4.69) is 5.32 Å². The average Bonchev–Trinajstić information content (AvgIpc) is 2.37. The number of halogens is 3. The van der Waals surface area contributed by atoms with Gasteiger partial charge in [-0.2, -0.15) is 13.2 Å². The highest BCUT2D eigenvalue weighted by molar-refractivity contribution is 8.00. The molecule has 0 bridgehead atoms. The van der Waals surface area contributed by atoms with Crippen LogP contribution in [-0.2, 0) is 9.59 Å². The number of hydrogen-bond acceptors (Lipinski definition) is 3. The zero-order valence-corrected chi connectivity index (χ0v) is 12.6. The highest BCUT2D eigenvalue weighted by atomic mass is 32.2. The molecule has 0 aliphatic heterocycles. The lowest BCUT2D eigenvalue weighted by atomic mass is 9.75. The van der Waals surface area contributed by atoms with E-state index in [0.29, 0.717) is 43.4 Å². The van der Waals surface area contributed by atoms with Crippen molar-refractivity contribution in [1.29, 1.82) is 0 Å². The summed E-state index contributed by atoms with van der Waals surface area (Å²) in [5, 5.41) is 11.8. The molecule has 1 aliphatic rings. The number of carbonyl (C=O) groups is 2. The summed E-state index contributed by atoms with van der Waals surface area (Å²) in [6.45, 7) is 2.03. The molecule has 0 unspecified atom stereocenters. The van der Waals surface area contributed by atoms with Crippen LogP contribution in [0.2, 0.25) is 0 Å². The maximum absolute atomic E-state index is 12.0. The van der Waals surface area contributed by atoms with Gasteiger partial charge in [0.25, 0.3) is 0 Å². The molecule has 0 atom stereocenters. The van der Waals surface area contributed by atoms with E-state index < -0.39 is 29.3 Å². The maximum atomic E-state index is 12.0. The lowest BCUT2D eigenvalue weighted by Crippen LogP contribution is -2.56. The monoisotopic (exact) mass is 327 g/mol. The number of carboxylic acids is 1. The minimum Gasteiger partial charge on any atom is -0.480 e. The lowest BCUT2D eigenvalue weighted by Gasteiger charge is -2.37. The molecule has 2 N–H and O–H groups in total. The molecule has 122 valence electrons. The average molecular weight is 327 g/mol. The number of rotatable bonds is 6. The lowest BCUT2D eigenvalue weighted by molar-refractivity contribution is -0.149. The summed E-state index contributed by atoms with van der Waals surface area (Å²) in [6.07, 6.45) is -1.29. The van der Waals surface area contributed by atoms with Gasteiger partial charge in [0, 0.05) is 0 Å². The van der Waals surface area contributed by atoms with Crippen molar-refractivity contribution < 1.29 is 27.9 Å². The van der Waals surface area contributed by atoms with Crippen molar-refractivity contribution in [3.05, 3.63) is 0 Å². The number of thioether (sulfide) groups is 1. The second kappa shape index (κ2) is 7.38. The van der Waals surface area contributed by atoms with Gasteiger partial charge in [-0.3, -0.25) is 4.79 Å². The van der Waals surface area contributed by atoms with Gasteiger partial charge in [-0.05, 0) is 31.6 Å². The molecule has 8 heteroatoms. The molecule has 0 saturated heterocycles. The predicted molar refractivity (Wildman–Crippen MR) is 74.1 cm³/mol. The first-order chi connectivity index (χ1) is 9.68. The fraction of sp³-hybridized carbons (Fsp3) is 0.846. The zero-order chi connectivity index (χ0) is 16.1. The molecule has 1 fully saturated rings. The van der Waals surface area contributed by atoms with Crippen molar-refractivity contribution in [3.63, 3.8) is 0 Å². The Morgan fingerprint density at radius 3 is 2.33 bits per heavy atom. The number of aliphatic carboxylic acids is 1. The third-order valence-corrected chi connectivity index (χ3v) is 4.82. The maximum Gasteiger partial charge on any atom is 0.397 e. The Morgan fingerprint density at radius 1 is 1.33 bits per heavy atom. The van der Waals surface area contributed by atoms with E-state index >= 15 is 0 Å². The SMILES string of the molecule is CCC1CCC(NC(=O)CSCC(F)(F)F)(C(=O)O)CC1. The van der Waals surface area contributed by atoms with Crippen molar-refractivity contribution in [2.75, 3.05) is 11.5 Å². The van der Waals surface area contributed by atoms with Crippen LogP contribution in [-0.4, -0.2) is 40.2 Å². The standard InChI is InChI=1S/C13H20F3NO3S/c1-2-9-3-5-12(6-4-9,11(19)20)17-10(18)7-21-8-13(14,15)16/h9H,2-8H2,1H3,(H,17,18)(H,19,20). The minimum atomic E-state index is -4.32. The van der Waals surface area contributed by atoms with Crippen molar-refractivity contribution in [2.24, 2.45) is 5.92 Å². The predicted octanol–water partition coefficient (Wildman–Crippen LogP) is 2.82. The smallest absolute Gasteiger partial charge is 0.397 e. The first-order valence-corrected chi connectivity index (χ1v) is 8.03. The van der Waals surface area contributed by atoms with Crippen LogP contribution in [0.15, 0.2) is 0 Å². The van der Waals surface area contributed by atoms with Gasteiger partial charge in [-0.1, -0.05) is 13.3 Å². The van der Waals surface area contributed by atoms with Crippen LogP contribution in [0.5, 0.6) is 0 Å². The largest absolute Gasteiger partial charge is 0.480 e. The van der Waals surface area contributed by atoms with E-state index in [1.807, 2.05) is 6.92 Å². The molecule has 1 saturated carbocycles. The van der Waals surface area contributed by atoms with Crippen molar-refractivity contribution >= 4 is 23.6 Å². The Balaban J connectivity index is 2.51. The molecule has 0 spiro atoms. The van der Waals surface area contributed by atoms with Gasteiger partial charge in [-0.15, -0.1) is 11.8 Å². The highest BCUT2D eigenvalue weighted by Crippen LogP contribution is 2.34. The molecule has 1 rings (SSSR count). The number of carboxylic acid groups (broad SMARTS) is 1. The summed E-state index contributed by atoms with van der Waals surface area (Å²) in [4.78, 5) is 23.1. The van der Waals surface area contributed by atoms with Crippen molar-refractivity contribution in [3.8, 4) is 0 Å². The van der Waals surface area contributed by atoms with Crippen LogP contribution in [0.3, 0.4) is 0 Å². The molecule has 0 aromatic heterocycles. The van der Waals surface area contributed by atoms with E-state index in [9.17, 15) is 27.9 Å². The number of hydrogen-bond donors (Lipinski definition) is 2. The molecule has 21 heavy (non-hydrogen) atoms. The Hall–Kier alpha value is -0.920. The third kappa shape index (κ3) is 5.76. The summed E-state index contributed by atoms with van der Waals surface area (Å²) in [7, 11) is 0. The molecule has 4 nitrogen and oxygen atoms in total. The Labute approximate surface area is 125 Å². The number of carbonyl (C=O) groups excluding carboxylic acids is 1. The van der Waals surface area contributed by atoms with Crippen LogP contribution in [0.4, 0.5) is 13.2 Å². The van der Waals surface area contributed by atoms with E-state index in [4.69, 9.17) is 0 Å². The van der Waals surface area contributed by atoms with Crippen LogP contribution < -0.4 is 5.32 Å². The van der Waals surface area contributed by atoms with Gasteiger partial charge in [0.15, 0.2) is 0 Å². The molecular formula is C13H20F3NO3S. The van der Waals surface area contributed by atoms with Crippen LogP contribution in [0, 0.1) is 5.92 Å². The van der Waals surface area contributed by atoms with Gasteiger partial charge in [-0.25, -0.2) is 4.79 Å². The van der Waals surface area contributed by atoms with E-state index in [0.717, 1.165) is 6.42 Å². The van der Waals surface area contributed by atoms with E-state index in [-0.39, 0.29) is 5.75 Å². The molecule has 0 heterocycles. The first kappa shape index (κ1) is 18.1. The van der Waals surface area contributed by atoms with Gasteiger partial charge < -0.3 is 10.4 Å².